The summed E-state index contributed by atoms with van der Waals surface area (Å²) in [5.41, 5.74) is 1.32. The van der Waals surface area contributed by atoms with Gasteiger partial charge in [0.15, 0.2) is 0 Å². The van der Waals surface area contributed by atoms with E-state index in [0.29, 0.717) is 30.6 Å². The molecule has 1 aromatic carbocycles. The van der Waals surface area contributed by atoms with Crippen molar-refractivity contribution in [2.24, 2.45) is 0 Å². The van der Waals surface area contributed by atoms with Gasteiger partial charge in [0, 0.05) is 12.6 Å². The third kappa shape index (κ3) is 5.93. The fourth-order valence-corrected chi connectivity index (χ4v) is 1.99. The van der Waals surface area contributed by atoms with Gasteiger partial charge < -0.3 is 20.8 Å². The number of aliphatic hydroxyl groups is 1. The first-order valence-corrected chi connectivity index (χ1v) is 6.95. The van der Waals surface area contributed by atoms with Crippen molar-refractivity contribution in [3.63, 3.8) is 0 Å². The number of rotatable bonds is 8. The van der Waals surface area contributed by atoms with E-state index in [1.165, 1.54) is 6.92 Å². The van der Waals surface area contributed by atoms with Gasteiger partial charge in [0.2, 0.25) is 5.91 Å². The molecule has 0 saturated carbocycles. The fourth-order valence-electron chi connectivity index (χ4n) is 1.99. The lowest BCUT2D eigenvalue weighted by Gasteiger charge is -2.15. The Morgan fingerprint density at radius 3 is 2.62 bits per heavy atom. The second kappa shape index (κ2) is 8.39. The van der Waals surface area contributed by atoms with Crippen LogP contribution in [-0.4, -0.2) is 34.7 Å². The van der Waals surface area contributed by atoms with Crippen LogP contribution in [0.25, 0.3) is 0 Å². The molecule has 0 saturated heterocycles. The van der Waals surface area contributed by atoms with Gasteiger partial charge >= 0.3 is 5.97 Å². The first-order valence-electron chi connectivity index (χ1n) is 6.95. The summed E-state index contributed by atoms with van der Waals surface area (Å²) < 4.78 is 0. The van der Waals surface area contributed by atoms with Crippen molar-refractivity contribution in [2.45, 2.75) is 38.8 Å². The van der Waals surface area contributed by atoms with Gasteiger partial charge in [0.1, 0.15) is 6.04 Å². The lowest BCUT2D eigenvalue weighted by Crippen LogP contribution is -2.37. The number of carboxylic acids is 1. The van der Waals surface area contributed by atoms with E-state index >= 15 is 0 Å². The first-order chi connectivity index (χ1) is 9.93. The molecule has 0 radical (unpaired) electrons. The van der Waals surface area contributed by atoms with Crippen molar-refractivity contribution in [2.75, 3.05) is 11.9 Å². The average molecular weight is 294 g/mol. The van der Waals surface area contributed by atoms with E-state index in [1.807, 2.05) is 0 Å². The minimum absolute atomic E-state index is 0.171. The first kappa shape index (κ1) is 17.1. The third-order valence-electron chi connectivity index (χ3n) is 3.11. The van der Waals surface area contributed by atoms with Gasteiger partial charge in [-0.2, -0.15) is 0 Å². The number of carboxylic acid groups (broad SMARTS) is 1. The topological polar surface area (TPSA) is 98.7 Å². The molecule has 0 aliphatic rings. The highest BCUT2D eigenvalue weighted by Gasteiger charge is 2.15. The van der Waals surface area contributed by atoms with Crippen LogP contribution in [0.3, 0.4) is 0 Å². The summed E-state index contributed by atoms with van der Waals surface area (Å²) in [6.07, 6.45) is 0.175. The number of hydrogen-bond donors (Lipinski definition) is 4. The molecule has 0 bridgehead atoms. The van der Waals surface area contributed by atoms with Crippen LogP contribution in [0.5, 0.6) is 0 Å². The van der Waals surface area contributed by atoms with Crippen molar-refractivity contribution in [1.82, 2.24) is 5.32 Å². The SMILES string of the molecule is CCC(NCCC(O)c1cccc(NC(C)=O)c1)C(=O)O. The van der Waals surface area contributed by atoms with E-state index in [4.69, 9.17) is 5.11 Å². The van der Waals surface area contributed by atoms with Crippen LogP contribution < -0.4 is 10.6 Å². The average Bonchev–Trinajstić information content (AvgIpc) is 2.42. The van der Waals surface area contributed by atoms with Crippen molar-refractivity contribution in [3.05, 3.63) is 29.8 Å². The van der Waals surface area contributed by atoms with Crippen LogP contribution in [0.2, 0.25) is 0 Å². The Kier molecular flexibility index (Phi) is 6.84. The maximum Gasteiger partial charge on any atom is 0.320 e. The fraction of sp³-hybridized carbons (Fsp3) is 0.467. The Hall–Kier alpha value is -1.92. The molecule has 6 heteroatoms. The van der Waals surface area contributed by atoms with Gasteiger partial charge in [0.25, 0.3) is 0 Å². The number of aliphatic carboxylic acids is 1. The summed E-state index contributed by atoms with van der Waals surface area (Å²) in [6, 6.07) is 6.38. The molecule has 2 unspecified atom stereocenters. The van der Waals surface area contributed by atoms with Gasteiger partial charge in [-0.05, 0) is 37.1 Å². The second-order valence-corrected chi connectivity index (χ2v) is 4.86. The van der Waals surface area contributed by atoms with Crippen LogP contribution in [-0.2, 0) is 9.59 Å². The Bertz CT molecular complexity index is 490. The molecule has 0 heterocycles. The van der Waals surface area contributed by atoms with Gasteiger partial charge in [-0.1, -0.05) is 19.1 Å². The van der Waals surface area contributed by atoms with Gasteiger partial charge in [-0.3, -0.25) is 9.59 Å². The van der Waals surface area contributed by atoms with Crippen LogP contribution in [0.4, 0.5) is 5.69 Å². The summed E-state index contributed by atoms with van der Waals surface area (Å²) in [5.74, 6) is -1.06. The van der Waals surface area contributed by atoms with Crippen molar-refractivity contribution in [3.8, 4) is 0 Å². The highest BCUT2D eigenvalue weighted by Crippen LogP contribution is 2.20. The normalized spacial score (nSPS) is 13.5. The molecule has 2 atom stereocenters. The Morgan fingerprint density at radius 1 is 1.33 bits per heavy atom. The van der Waals surface area contributed by atoms with Crippen LogP contribution >= 0.6 is 0 Å². The number of aliphatic hydroxyl groups excluding tert-OH is 1. The molecular weight excluding hydrogens is 272 g/mol. The molecule has 4 N–H and O–H groups in total. The predicted molar refractivity (Wildman–Crippen MR) is 80.0 cm³/mol. The summed E-state index contributed by atoms with van der Waals surface area (Å²) >= 11 is 0. The quantitative estimate of drug-likeness (QED) is 0.582. The minimum Gasteiger partial charge on any atom is -0.480 e. The summed E-state index contributed by atoms with van der Waals surface area (Å²) in [5, 5.41) is 24.6. The van der Waals surface area contributed by atoms with Crippen molar-refractivity contribution in [1.29, 1.82) is 0 Å². The van der Waals surface area contributed by atoms with Crippen LogP contribution in [0.15, 0.2) is 24.3 Å². The van der Waals surface area contributed by atoms with Crippen LogP contribution in [0.1, 0.15) is 38.4 Å². The highest BCUT2D eigenvalue weighted by atomic mass is 16.4. The van der Waals surface area contributed by atoms with E-state index in [1.54, 1.807) is 31.2 Å². The van der Waals surface area contributed by atoms with E-state index in [-0.39, 0.29) is 5.91 Å². The lowest BCUT2D eigenvalue weighted by molar-refractivity contribution is -0.139. The predicted octanol–water partition coefficient (Wildman–Crippen LogP) is 1.52. The molecule has 0 fully saturated rings. The number of carbonyl (C=O) groups excluding carboxylic acids is 1. The zero-order valence-corrected chi connectivity index (χ0v) is 12.3. The zero-order valence-electron chi connectivity index (χ0n) is 12.3. The number of nitrogens with one attached hydrogen (secondary N) is 2. The molecule has 21 heavy (non-hydrogen) atoms. The Morgan fingerprint density at radius 2 is 2.05 bits per heavy atom. The molecule has 0 aliphatic heterocycles. The van der Waals surface area contributed by atoms with Crippen molar-refractivity contribution < 1.29 is 19.8 Å². The van der Waals surface area contributed by atoms with E-state index in [9.17, 15) is 14.7 Å². The third-order valence-corrected chi connectivity index (χ3v) is 3.11. The van der Waals surface area contributed by atoms with E-state index < -0.39 is 18.1 Å². The largest absolute Gasteiger partial charge is 0.480 e. The molecule has 1 rings (SSSR count). The maximum atomic E-state index is 11.0. The molecule has 116 valence electrons. The molecular formula is C15H22N2O4. The second-order valence-electron chi connectivity index (χ2n) is 4.86. The molecule has 1 amide bonds. The van der Waals surface area contributed by atoms with E-state index in [0.717, 1.165) is 0 Å². The molecule has 0 aromatic heterocycles. The lowest BCUT2D eigenvalue weighted by atomic mass is 10.1. The monoisotopic (exact) mass is 294 g/mol. The van der Waals surface area contributed by atoms with E-state index in [2.05, 4.69) is 10.6 Å². The Labute approximate surface area is 124 Å². The van der Waals surface area contributed by atoms with Gasteiger partial charge in [-0.15, -0.1) is 0 Å². The van der Waals surface area contributed by atoms with Gasteiger partial charge in [0.05, 0.1) is 6.10 Å². The number of benzene rings is 1. The summed E-state index contributed by atoms with van der Waals surface area (Å²) in [6.45, 7) is 3.61. The number of anilines is 1. The number of carbonyl (C=O) groups is 2. The summed E-state index contributed by atoms with van der Waals surface area (Å²) in [4.78, 5) is 21.9. The van der Waals surface area contributed by atoms with Gasteiger partial charge in [-0.25, -0.2) is 0 Å². The van der Waals surface area contributed by atoms with Crippen LogP contribution in [0, 0.1) is 0 Å². The Balaban J connectivity index is 2.53. The molecule has 1 aromatic rings. The molecule has 6 nitrogen and oxygen atoms in total. The molecule has 0 aliphatic carbocycles. The molecule has 0 spiro atoms. The standard InChI is InChI=1S/C15H22N2O4/c1-3-13(15(20)21)16-8-7-14(19)11-5-4-6-12(9-11)17-10(2)18/h4-6,9,13-14,16,19H,3,7-8H2,1-2H3,(H,17,18)(H,20,21). The summed E-state index contributed by atoms with van der Waals surface area (Å²) in [7, 11) is 0. The zero-order chi connectivity index (χ0) is 15.8. The smallest absolute Gasteiger partial charge is 0.320 e. The highest BCUT2D eigenvalue weighted by molar-refractivity contribution is 5.88. The minimum atomic E-state index is -0.889. The number of amides is 1. The van der Waals surface area contributed by atoms with Crippen molar-refractivity contribution >= 4 is 17.6 Å². The maximum absolute atomic E-state index is 11.0. The number of hydrogen-bond acceptors (Lipinski definition) is 4.